The van der Waals surface area contributed by atoms with E-state index in [-0.39, 0.29) is 0 Å². The van der Waals surface area contributed by atoms with Crippen LogP contribution >= 0.6 is 0 Å². The van der Waals surface area contributed by atoms with Gasteiger partial charge in [-0.05, 0) is 12.1 Å². The van der Waals surface area contributed by atoms with Gasteiger partial charge in [-0.1, -0.05) is 18.2 Å². The average Bonchev–Trinajstić information content (AvgIpc) is 2.26. The number of aliphatic imine (C=N–C) groups is 1. The Bertz CT molecular complexity index is 360. The van der Waals surface area contributed by atoms with Crippen molar-refractivity contribution in [1.82, 2.24) is 5.48 Å². The Balaban J connectivity index is 2.69. The number of amides is 2. The summed E-state index contributed by atoms with van der Waals surface area (Å²) < 4.78 is 0. The van der Waals surface area contributed by atoms with E-state index in [0.717, 1.165) is 6.21 Å². The van der Waals surface area contributed by atoms with Gasteiger partial charge in [0.05, 0.1) is 6.21 Å². The van der Waals surface area contributed by atoms with Crippen LogP contribution in [0.15, 0.2) is 35.3 Å². The molecule has 0 saturated heterocycles. The molecule has 0 aromatic heterocycles. The lowest BCUT2D eigenvalue weighted by molar-refractivity contribution is -0.121. The van der Waals surface area contributed by atoms with Crippen molar-refractivity contribution in [1.29, 1.82) is 0 Å². The second-order valence-corrected chi connectivity index (χ2v) is 2.41. The van der Waals surface area contributed by atoms with Gasteiger partial charge in [-0.15, -0.1) is 0 Å². The van der Waals surface area contributed by atoms with Crippen LogP contribution in [0.3, 0.4) is 0 Å². The number of carbonyl (C=O) groups is 2. The molecule has 1 aromatic carbocycles. The lowest BCUT2D eigenvalue weighted by Gasteiger charge is -1.92. The molecule has 0 aliphatic carbocycles. The van der Waals surface area contributed by atoms with E-state index in [1.54, 1.807) is 30.3 Å². The Kier molecular flexibility index (Phi) is 3.51. The third-order valence-electron chi connectivity index (χ3n) is 1.43. The maximum atomic E-state index is 11.2. The standard InChI is InChI=1S/C9H8N2O3/c12-8(11-14)6-10-9(13)7-4-2-1-3-5-7/h1-6,14H,(H,11,12). The van der Waals surface area contributed by atoms with Gasteiger partial charge in [-0.3, -0.25) is 14.8 Å². The summed E-state index contributed by atoms with van der Waals surface area (Å²) >= 11 is 0. The van der Waals surface area contributed by atoms with Crippen LogP contribution in [0, 0.1) is 0 Å². The summed E-state index contributed by atoms with van der Waals surface area (Å²) in [5, 5.41) is 8.12. The van der Waals surface area contributed by atoms with E-state index in [2.05, 4.69) is 4.99 Å². The van der Waals surface area contributed by atoms with Gasteiger partial charge in [0.25, 0.3) is 11.8 Å². The fourth-order valence-electron chi connectivity index (χ4n) is 0.801. The number of hydrogen-bond donors (Lipinski definition) is 2. The molecule has 1 rings (SSSR count). The second kappa shape index (κ2) is 4.88. The highest BCUT2D eigenvalue weighted by Crippen LogP contribution is 1.99. The summed E-state index contributed by atoms with van der Waals surface area (Å²) in [7, 11) is 0. The molecule has 5 nitrogen and oxygen atoms in total. The number of hydrogen-bond acceptors (Lipinski definition) is 3. The van der Waals surface area contributed by atoms with Gasteiger partial charge in [0, 0.05) is 5.56 Å². The molecule has 2 N–H and O–H groups in total. The first-order chi connectivity index (χ1) is 6.74. The van der Waals surface area contributed by atoms with E-state index in [0.29, 0.717) is 5.56 Å². The lowest BCUT2D eigenvalue weighted by atomic mass is 10.2. The molecular weight excluding hydrogens is 184 g/mol. The normalized spacial score (nSPS) is 10.1. The molecule has 0 bridgehead atoms. The number of hydroxylamine groups is 1. The minimum Gasteiger partial charge on any atom is -0.288 e. The zero-order chi connectivity index (χ0) is 10.4. The van der Waals surface area contributed by atoms with Crippen LogP contribution in [0.5, 0.6) is 0 Å². The zero-order valence-corrected chi connectivity index (χ0v) is 7.18. The van der Waals surface area contributed by atoms with Crippen molar-refractivity contribution in [2.45, 2.75) is 0 Å². The third kappa shape index (κ3) is 2.80. The molecule has 0 aliphatic rings. The first kappa shape index (κ1) is 10.1. The molecule has 5 heteroatoms. The molecule has 0 spiro atoms. The molecule has 2 amide bonds. The predicted octanol–water partition coefficient (Wildman–Crippen LogP) is 0.403. The van der Waals surface area contributed by atoms with E-state index in [4.69, 9.17) is 5.21 Å². The van der Waals surface area contributed by atoms with Crippen LogP contribution in [0.4, 0.5) is 0 Å². The van der Waals surface area contributed by atoms with Crippen LogP contribution in [-0.4, -0.2) is 23.2 Å². The SMILES string of the molecule is O=C(C=NC(=O)c1ccccc1)NO. The maximum absolute atomic E-state index is 11.2. The Labute approximate surface area is 80.0 Å². The van der Waals surface area contributed by atoms with E-state index in [1.165, 1.54) is 5.48 Å². The van der Waals surface area contributed by atoms with Crippen LogP contribution < -0.4 is 5.48 Å². The van der Waals surface area contributed by atoms with Crippen molar-refractivity contribution in [3.8, 4) is 0 Å². The van der Waals surface area contributed by atoms with E-state index in [9.17, 15) is 9.59 Å². The van der Waals surface area contributed by atoms with Crippen LogP contribution in [-0.2, 0) is 4.79 Å². The number of rotatable bonds is 2. The molecule has 0 heterocycles. The van der Waals surface area contributed by atoms with Gasteiger partial charge in [-0.2, -0.15) is 0 Å². The minimum atomic E-state index is -0.839. The smallest absolute Gasteiger partial charge is 0.285 e. The summed E-state index contributed by atoms with van der Waals surface area (Å²) in [6.45, 7) is 0. The van der Waals surface area contributed by atoms with E-state index in [1.807, 2.05) is 0 Å². The van der Waals surface area contributed by atoms with Crippen molar-refractivity contribution >= 4 is 18.0 Å². The summed E-state index contributed by atoms with van der Waals surface area (Å²) in [4.78, 5) is 25.0. The average molecular weight is 192 g/mol. The molecule has 1 aromatic rings. The molecule has 0 saturated carbocycles. The Morgan fingerprint density at radius 3 is 2.50 bits per heavy atom. The highest BCUT2D eigenvalue weighted by Gasteiger charge is 2.01. The third-order valence-corrected chi connectivity index (χ3v) is 1.43. The zero-order valence-electron chi connectivity index (χ0n) is 7.18. The van der Waals surface area contributed by atoms with E-state index < -0.39 is 11.8 Å². The van der Waals surface area contributed by atoms with Crippen molar-refractivity contribution < 1.29 is 14.8 Å². The highest BCUT2D eigenvalue weighted by atomic mass is 16.5. The van der Waals surface area contributed by atoms with E-state index >= 15 is 0 Å². The summed E-state index contributed by atoms with van der Waals surface area (Å²) in [5.41, 5.74) is 1.72. The van der Waals surface area contributed by atoms with Gasteiger partial charge in [0.2, 0.25) is 0 Å². The largest absolute Gasteiger partial charge is 0.288 e. The highest BCUT2D eigenvalue weighted by molar-refractivity contribution is 6.28. The predicted molar refractivity (Wildman–Crippen MR) is 49.2 cm³/mol. The van der Waals surface area contributed by atoms with Crippen molar-refractivity contribution in [2.24, 2.45) is 4.99 Å². The Morgan fingerprint density at radius 2 is 1.93 bits per heavy atom. The monoisotopic (exact) mass is 192 g/mol. The maximum Gasteiger partial charge on any atom is 0.285 e. The fraction of sp³-hybridized carbons (Fsp3) is 0. The first-order valence-electron chi connectivity index (χ1n) is 3.81. The molecular formula is C9H8N2O3. The quantitative estimate of drug-likeness (QED) is 0.404. The molecule has 0 unspecified atom stereocenters. The van der Waals surface area contributed by atoms with Crippen molar-refractivity contribution in [3.05, 3.63) is 35.9 Å². The molecule has 0 atom stereocenters. The molecule has 0 aliphatic heterocycles. The van der Waals surface area contributed by atoms with Gasteiger partial charge in [-0.25, -0.2) is 10.5 Å². The molecule has 14 heavy (non-hydrogen) atoms. The Morgan fingerprint density at radius 1 is 1.29 bits per heavy atom. The number of carbonyl (C=O) groups excluding carboxylic acids is 2. The summed E-state index contributed by atoms with van der Waals surface area (Å²) in [6.07, 6.45) is 0.718. The topological polar surface area (TPSA) is 78.8 Å². The van der Waals surface area contributed by atoms with Crippen LogP contribution in [0.1, 0.15) is 10.4 Å². The summed E-state index contributed by atoms with van der Waals surface area (Å²) in [6, 6.07) is 8.30. The van der Waals surface area contributed by atoms with Crippen molar-refractivity contribution in [2.75, 3.05) is 0 Å². The summed E-state index contributed by atoms with van der Waals surface area (Å²) in [5.74, 6) is -1.37. The molecule has 0 fully saturated rings. The first-order valence-corrected chi connectivity index (χ1v) is 3.81. The number of nitrogens with one attached hydrogen (secondary N) is 1. The van der Waals surface area contributed by atoms with Gasteiger partial charge in [0.15, 0.2) is 0 Å². The Hall–Kier alpha value is -2.01. The molecule has 72 valence electrons. The fourth-order valence-corrected chi connectivity index (χ4v) is 0.801. The minimum absolute atomic E-state index is 0.384. The van der Waals surface area contributed by atoms with Gasteiger partial charge >= 0.3 is 0 Å². The van der Waals surface area contributed by atoms with Gasteiger partial charge in [0.1, 0.15) is 0 Å². The number of benzene rings is 1. The van der Waals surface area contributed by atoms with Crippen molar-refractivity contribution in [3.63, 3.8) is 0 Å². The lowest BCUT2D eigenvalue weighted by Crippen LogP contribution is -2.20. The van der Waals surface area contributed by atoms with Gasteiger partial charge < -0.3 is 0 Å². The second-order valence-electron chi connectivity index (χ2n) is 2.41. The van der Waals surface area contributed by atoms with Crippen LogP contribution in [0.2, 0.25) is 0 Å². The van der Waals surface area contributed by atoms with Crippen LogP contribution in [0.25, 0.3) is 0 Å². The number of nitrogens with zero attached hydrogens (tertiary/aromatic N) is 1. The molecule has 0 radical (unpaired) electrons.